The SMILES string of the molecule is CCc1cccnc1C(NN)c1cccc2ncccc12. The van der Waals surface area contributed by atoms with E-state index in [1.165, 1.54) is 5.56 Å². The number of hydrogen-bond donors (Lipinski definition) is 2. The first-order chi connectivity index (χ1) is 10.3. The third kappa shape index (κ3) is 2.51. The molecular weight excluding hydrogens is 260 g/mol. The number of pyridine rings is 2. The molecule has 0 saturated carbocycles. The van der Waals surface area contributed by atoms with Crippen LogP contribution in [0.5, 0.6) is 0 Å². The molecule has 4 nitrogen and oxygen atoms in total. The second-order valence-electron chi connectivity index (χ2n) is 4.92. The van der Waals surface area contributed by atoms with Gasteiger partial charge in [0.05, 0.1) is 17.3 Å². The van der Waals surface area contributed by atoms with E-state index in [0.717, 1.165) is 28.6 Å². The van der Waals surface area contributed by atoms with Crippen LogP contribution in [0.4, 0.5) is 0 Å². The van der Waals surface area contributed by atoms with Crippen LogP contribution in [-0.4, -0.2) is 9.97 Å². The summed E-state index contributed by atoms with van der Waals surface area (Å²) in [6, 6.07) is 14.0. The molecule has 2 aromatic heterocycles. The minimum atomic E-state index is -0.144. The number of fused-ring (bicyclic) bond motifs is 1. The maximum absolute atomic E-state index is 5.84. The quantitative estimate of drug-likeness (QED) is 0.569. The molecule has 0 aliphatic rings. The molecule has 3 N–H and O–H groups in total. The van der Waals surface area contributed by atoms with Crippen molar-refractivity contribution in [3.05, 3.63) is 71.7 Å². The van der Waals surface area contributed by atoms with Crippen LogP contribution in [0.1, 0.15) is 29.8 Å². The van der Waals surface area contributed by atoms with Gasteiger partial charge in [-0.05, 0) is 35.7 Å². The van der Waals surface area contributed by atoms with Gasteiger partial charge in [0.15, 0.2) is 0 Å². The van der Waals surface area contributed by atoms with Crippen LogP contribution in [0.25, 0.3) is 10.9 Å². The van der Waals surface area contributed by atoms with Gasteiger partial charge in [0, 0.05) is 17.8 Å². The standard InChI is InChI=1S/C17H18N4/c1-2-12-6-4-11-20-16(12)17(21-18)14-7-3-9-15-13(14)8-5-10-19-15/h3-11,17,21H,2,18H2,1H3. The number of rotatable bonds is 4. The Labute approximate surface area is 124 Å². The molecule has 0 bridgehead atoms. The van der Waals surface area contributed by atoms with Crippen molar-refractivity contribution >= 4 is 10.9 Å². The molecule has 0 radical (unpaired) electrons. The number of nitrogens with two attached hydrogens (primary N) is 1. The molecule has 0 spiro atoms. The molecule has 2 heterocycles. The van der Waals surface area contributed by atoms with Gasteiger partial charge in [-0.3, -0.25) is 15.8 Å². The Morgan fingerprint density at radius 3 is 2.67 bits per heavy atom. The highest BCUT2D eigenvalue weighted by atomic mass is 15.2. The van der Waals surface area contributed by atoms with Crippen molar-refractivity contribution in [2.45, 2.75) is 19.4 Å². The van der Waals surface area contributed by atoms with E-state index < -0.39 is 0 Å². The van der Waals surface area contributed by atoms with E-state index in [1.807, 2.05) is 30.5 Å². The average Bonchev–Trinajstić information content (AvgIpc) is 2.56. The zero-order valence-electron chi connectivity index (χ0n) is 12.0. The van der Waals surface area contributed by atoms with Gasteiger partial charge in [0.1, 0.15) is 0 Å². The van der Waals surface area contributed by atoms with Crippen LogP contribution in [-0.2, 0) is 6.42 Å². The zero-order valence-corrected chi connectivity index (χ0v) is 12.0. The topological polar surface area (TPSA) is 63.8 Å². The fourth-order valence-electron chi connectivity index (χ4n) is 2.70. The summed E-state index contributed by atoms with van der Waals surface area (Å²) >= 11 is 0. The number of hydrazine groups is 1. The summed E-state index contributed by atoms with van der Waals surface area (Å²) in [5.74, 6) is 5.84. The molecule has 0 aliphatic carbocycles. The number of benzene rings is 1. The fourth-order valence-corrected chi connectivity index (χ4v) is 2.70. The zero-order chi connectivity index (χ0) is 14.7. The van der Waals surface area contributed by atoms with Gasteiger partial charge in [0.25, 0.3) is 0 Å². The Balaban J connectivity index is 2.19. The van der Waals surface area contributed by atoms with Crippen LogP contribution in [0.3, 0.4) is 0 Å². The van der Waals surface area contributed by atoms with E-state index in [-0.39, 0.29) is 6.04 Å². The van der Waals surface area contributed by atoms with Gasteiger partial charge in [-0.15, -0.1) is 0 Å². The van der Waals surface area contributed by atoms with Gasteiger partial charge in [0.2, 0.25) is 0 Å². The maximum Gasteiger partial charge on any atom is 0.0890 e. The largest absolute Gasteiger partial charge is 0.271 e. The minimum Gasteiger partial charge on any atom is -0.271 e. The molecule has 1 aromatic carbocycles. The van der Waals surface area contributed by atoms with Crippen molar-refractivity contribution in [2.75, 3.05) is 0 Å². The molecule has 4 heteroatoms. The third-order valence-corrected chi connectivity index (χ3v) is 3.74. The van der Waals surface area contributed by atoms with Crippen molar-refractivity contribution in [1.29, 1.82) is 0 Å². The summed E-state index contributed by atoms with van der Waals surface area (Å²) in [7, 11) is 0. The monoisotopic (exact) mass is 278 g/mol. The van der Waals surface area contributed by atoms with E-state index >= 15 is 0 Å². The average molecular weight is 278 g/mol. The van der Waals surface area contributed by atoms with Crippen LogP contribution >= 0.6 is 0 Å². The molecule has 0 saturated heterocycles. The maximum atomic E-state index is 5.84. The van der Waals surface area contributed by atoms with Crippen LogP contribution in [0.2, 0.25) is 0 Å². The van der Waals surface area contributed by atoms with E-state index in [9.17, 15) is 0 Å². The predicted molar refractivity (Wildman–Crippen MR) is 84.5 cm³/mol. The van der Waals surface area contributed by atoms with Gasteiger partial charge in [-0.1, -0.05) is 31.2 Å². The molecule has 0 aliphatic heterocycles. The van der Waals surface area contributed by atoms with E-state index in [0.29, 0.717) is 0 Å². The lowest BCUT2D eigenvalue weighted by Crippen LogP contribution is -2.30. The highest BCUT2D eigenvalue weighted by Crippen LogP contribution is 2.28. The number of hydrogen-bond acceptors (Lipinski definition) is 4. The molecule has 21 heavy (non-hydrogen) atoms. The van der Waals surface area contributed by atoms with Crippen LogP contribution in [0, 0.1) is 0 Å². The summed E-state index contributed by atoms with van der Waals surface area (Å²) < 4.78 is 0. The van der Waals surface area contributed by atoms with Crippen molar-refractivity contribution in [3.8, 4) is 0 Å². The summed E-state index contributed by atoms with van der Waals surface area (Å²) in [5.41, 5.74) is 7.13. The molecular formula is C17H18N4. The number of nitrogens with one attached hydrogen (secondary N) is 1. The fraction of sp³-hybridized carbons (Fsp3) is 0.176. The lowest BCUT2D eigenvalue weighted by atomic mass is 9.95. The number of nitrogens with zero attached hydrogens (tertiary/aromatic N) is 2. The molecule has 0 fully saturated rings. The Morgan fingerprint density at radius 1 is 1.05 bits per heavy atom. The number of aryl methyl sites for hydroxylation is 1. The summed E-state index contributed by atoms with van der Waals surface area (Å²) in [5, 5.41) is 1.09. The van der Waals surface area contributed by atoms with E-state index in [2.05, 4.69) is 40.5 Å². The number of aromatic nitrogens is 2. The first-order valence-corrected chi connectivity index (χ1v) is 7.08. The molecule has 1 unspecified atom stereocenters. The Hall–Kier alpha value is -2.30. The molecule has 0 amide bonds. The first-order valence-electron chi connectivity index (χ1n) is 7.08. The first kappa shape index (κ1) is 13.7. The van der Waals surface area contributed by atoms with Crippen molar-refractivity contribution in [2.24, 2.45) is 5.84 Å². The Kier molecular flexibility index (Phi) is 3.90. The smallest absolute Gasteiger partial charge is 0.0890 e. The minimum absolute atomic E-state index is 0.144. The Morgan fingerprint density at radius 2 is 1.86 bits per heavy atom. The van der Waals surface area contributed by atoms with Crippen molar-refractivity contribution in [3.63, 3.8) is 0 Å². The van der Waals surface area contributed by atoms with Gasteiger partial charge in [-0.2, -0.15) is 0 Å². The van der Waals surface area contributed by atoms with Gasteiger partial charge >= 0.3 is 0 Å². The second-order valence-corrected chi connectivity index (χ2v) is 4.92. The van der Waals surface area contributed by atoms with Crippen molar-refractivity contribution in [1.82, 2.24) is 15.4 Å². The summed E-state index contributed by atoms with van der Waals surface area (Å²) in [4.78, 5) is 8.95. The molecule has 3 aromatic rings. The van der Waals surface area contributed by atoms with Crippen LogP contribution in [0.15, 0.2) is 54.9 Å². The molecule has 1 atom stereocenters. The summed E-state index contributed by atoms with van der Waals surface area (Å²) in [6.07, 6.45) is 4.53. The summed E-state index contributed by atoms with van der Waals surface area (Å²) in [6.45, 7) is 2.12. The lowest BCUT2D eigenvalue weighted by molar-refractivity contribution is 0.618. The Bertz CT molecular complexity index is 749. The van der Waals surface area contributed by atoms with E-state index in [4.69, 9.17) is 5.84 Å². The van der Waals surface area contributed by atoms with Crippen LogP contribution < -0.4 is 11.3 Å². The third-order valence-electron chi connectivity index (χ3n) is 3.74. The van der Waals surface area contributed by atoms with Gasteiger partial charge < -0.3 is 0 Å². The predicted octanol–water partition coefficient (Wildman–Crippen LogP) is 2.74. The van der Waals surface area contributed by atoms with Crippen molar-refractivity contribution < 1.29 is 0 Å². The normalized spacial score (nSPS) is 12.5. The van der Waals surface area contributed by atoms with Gasteiger partial charge in [-0.25, -0.2) is 5.43 Å². The molecule has 3 rings (SSSR count). The highest BCUT2D eigenvalue weighted by molar-refractivity contribution is 5.82. The lowest BCUT2D eigenvalue weighted by Gasteiger charge is -2.20. The van der Waals surface area contributed by atoms with E-state index in [1.54, 1.807) is 6.20 Å². The molecule has 106 valence electrons. The second kappa shape index (κ2) is 5.99. The highest BCUT2D eigenvalue weighted by Gasteiger charge is 2.19.